The van der Waals surface area contributed by atoms with Gasteiger partial charge >= 0.3 is 5.97 Å². The van der Waals surface area contributed by atoms with E-state index in [1.54, 1.807) is 24.3 Å². The van der Waals surface area contributed by atoms with Crippen molar-refractivity contribution in [2.24, 2.45) is 0 Å². The highest BCUT2D eigenvalue weighted by molar-refractivity contribution is 7.89. The highest BCUT2D eigenvalue weighted by Crippen LogP contribution is 2.17. The molecule has 0 atom stereocenters. The lowest BCUT2D eigenvalue weighted by molar-refractivity contribution is 0.0696. The van der Waals surface area contributed by atoms with Crippen molar-refractivity contribution < 1.29 is 18.3 Å². The SMILES string of the molecule is O=C(O)c1ccc(S(=O)(=O)n2cnc(-c3ccccc3)n2)cc1. The number of carboxylic acids is 1. The molecular weight excluding hydrogens is 318 g/mol. The van der Waals surface area contributed by atoms with Gasteiger partial charge < -0.3 is 5.11 Å². The van der Waals surface area contributed by atoms with Crippen molar-refractivity contribution in [2.75, 3.05) is 0 Å². The van der Waals surface area contributed by atoms with E-state index in [9.17, 15) is 13.2 Å². The predicted molar refractivity (Wildman–Crippen MR) is 81.4 cm³/mol. The van der Waals surface area contributed by atoms with Crippen LogP contribution in [0.25, 0.3) is 11.4 Å². The van der Waals surface area contributed by atoms with E-state index in [4.69, 9.17) is 5.11 Å². The van der Waals surface area contributed by atoms with Crippen LogP contribution in [0.5, 0.6) is 0 Å². The molecule has 3 rings (SSSR count). The fourth-order valence-electron chi connectivity index (χ4n) is 1.96. The van der Waals surface area contributed by atoms with Gasteiger partial charge in [-0.05, 0) is 24.3 Å². The normalized spacial score (nSPS) is 11.3. The molecule has 116 valence electrons. The van der Waals surface area contributed by atoms with Gasteiger partial charge in [0.2, 0.25) is 0 Å². The van der Waals surface area contributed by atoms with Crippen molar-refractivity contribution in [3.8, 4) is 11.4 Å². The summed E-state index contributed by atoms with van der Waals surface area (Å²) in [6.07, 6.45) is 1.11. The average molecular weight is 329 g/mol. The molecule has 2 aromatic carbocycles. The lowest BCUT2D eigenvalue weighted by Crippen LogP contribution is -2.14. The second kappa shape index (κ2) is 5.65. The molecule has 0 saturated carbocycles. The van der Waals surface area contributed by atoms with E-state index in [0.29, 0.717) is 5.56 Å². The molecule has 0 spiro atoms. The van der Waals surface area contributed by atoms with Crippen LogP contribution in [-0.4, -0.2) is 33.7 Å². The van der Waals surface area contributed by atoms with E-state index in [-0.39, 0.29) is 16.3 Å². The van der Waals surface area contributed by atoms with Crippen molar-refractivity contribution in [1.29, 1.82) is 0 Å². The molecule has 0 radical (unpaired) electrons. The van der Waals surface area contributed by atoms with Crippen LogP contribution in [0.15, 0.2) is 65.8 Å². The van der Waals surface area contributed by atoms with Gasteiger partial charge in [0.15, 0.2) is 5.82 Å². The zero-order chi connectivity index (χ0) is 16.4. The number of benzene rings is 2. The number of aromatic carboxylic acids is 1. The fourth-order valence-corrected chi connectivity index (χ4v) is 3.01. The molecule has 1 aromatic heterocycles. The van der Waals surface area contributed by atoms with Crippen molar-refractivity contribution >= 4 is 16.0 Å². The second-order valence-corrected chi connectivity index (χ2v) is 6.44. The minimum Gasteiger partial charge on any atom is -0.478 e. The Hall–Kier alpha value is -3.00. The minimum atomic E-state index is -3.92. The Kier molecular flexibility index (Phi) is 3.67. The Bertz CT molecular complexity index is 948. The third kappa shape index (κ3) is 2.84. The van der Waals surface area contributed by atoms with Gasteiger partial charge in [-0.1, -0.05) is 30.3 Å². The maximum absolute atomic E-state index is 12.5. The lowest BCUT2D eigenvalue weighted by atomic mass is 10.2. The van der Waals surface area contributed by atoms with Gasteiger partial charge in [0.05, 0.1) is 10.5 Å². The number of carbonyl (C=O) groups is 1. The lowest BCUT2D eigenvalue weighted by Gasteiger charge is -2.03. The van der Waals surface area contributed by atoms with Gasteiger partial charge in [-0.25, -0.2) is 9.78 Å². The molecule has 23 heavy (non-hydrogen) atoms. The third-order valence-electron chi connectivity index (χ3n) is 3.15. The standard InChI is InChI=1S/C15H11N3O4S/c19-15(20)12-6-8-13(9-7-12)23(21,22)18-10-16-14(17-18)11-4-2-1-3-5-11/h1-10H,(H,19,20). The quantitative estimate of drug-likeness (QED) is 0.784. The first-order chi connectivity index (χ1) is 11.0. The first-order valence-electron chi connectivity index (χ1n) is 6.54. The molecule has 8 heteroatoms. The van der Waals surface area contributed by atoms with Gasteiger partial charge in [0.25, 0.3) is 10.0 Å². The van der Waals surface area contributed by atoms with Crippen LogP contribution in [0.3, 0.4) is 0 Å². The van der Waals surface area contributed by atoms with Gasteiger partial charge in [0.1, 0.15) is 6.33 Å². The van der Waals surface area contributed by atoms with Gasteiger partial charge in [-0.3, -0.25) is 0 Å². The first kappa shape index (κ1) is 14.9. The molecule has 0 unspecified atom stereocenters. The summed E-state index contributed by atoms with van der Waals surface area (Å²) in [6.45, 7) is 0. The number of hydrogen-bond acceptors (Lipinski definition) is 5. The van der Waals surface area contributed by atoms with Crippen LogP contribution in [0.4, 0.5) is 0 Å². The first-order valence-corrected chi connectivity index (χ1v) is 7.98. The second-order valence-electron chi connectivity index (χ2n) is 4.64. The van der Waals surface area contributed by atoms with Gasteiger partial charge in [-0.2, -0.15) is 8.42 Å². The molecule has 0 aliphatic rings. The van der Waals surface area contributed by atoms with Crippen LogP contribution in [0.1, 0.15) is 10.4 Å². The van der Waals surface area contributed by atoms with Gasteiger partial charge in [-0.15, -0.1) is 9.19 Å². The van der Waals surface area contributed by atoms with Crippen LogP contribution >= 0.6 is 0 Å². The van der Waals surface area contributed by atoms with Crippen LogP contribution in [0.2, 0.25) is 0 Å². The average Bonchev–Trinajstić information content (AvgIpc) is 3.06. The Morgan fingerprint density at radius 2 is 1.65 bits per heavy atom. The summed E-state index contributed by atoms with van der Waals surface area (Å²) in [5.41, 5.74) is 0.704. The van der Waals surface area contributed by atoms with E-state index in [2.05, 4.69) is 10.1 Å². The maximum atomic E-state index is 12.5. The number of rotatable bonds is 4. The van der Waals surface area contributed by atoms with E-state index < -0.39 is 16.0 Å². The highest BCUT2D eigenvalue weighted by atomic mass is 32.2. The molecule has 0 amide bonds. The molecule has 0 saturated heterocycles. The van der Waals surface area contributed by atoms with E-state index >= 15 is 0 Å². The summed E-state index contributed by atoms with van der Waals surface area (Å²) in [6, 6.07) is 13.9. The summed E-state index contributed by atoms with van der Waals surface area (Å²) in [7, 11) is -3.92. The zero-order valence-electron chi connectivity index (χ0n) is 11.7. The summed E-state index contributed by atoms with van der Waals surface area (Å²) < 4.78 is 25.7. The Morgan fingerprint density at radius 3 is 2.26 bits per heavy atom. The largest absolute Gasteiger partial charge is 0.478 e. The Balaban J connectivity index is 1.97. The summed E-state index contributed by atoms with van der Waals surface area (Å²) in [5.74, 6) is -0.836. The van der Waals surface area contributed by atoms with E-state index in [0.717, 1.165) is 10.4 Å². The molecule has 1 N–H and O–H groups in total. The van der Waals surface area contributed by atoms with Crippen molar-refractivity contribution in [3.05, 3.63) is 66.5 Å². The fraction of sp³-hybridized carbons (Fsp3) is 0. The molecule has 7 nitrogen and oxygen atoms in total. The minimum absolute atomic E-state index is 0.00696. The Labute approximate surface area is 131 Å². The van der Waals surface area contributed by atoms with Crippen LogP contribution < -0.4 is 0 Å². The highest BCUT2D eigenvalue weighted by Gasteiger charge is 2.19. The maximum Gasteiger partial charge on any atom is 0.335 e. The molecule has 1 heterocycles. The third-order valence-corrected chi connectivity index (χ3v) is 4.69. The monoisotopic (exact) mass is 329 g/mol. The summed E-state index contributed by atoms with van der Waals surface area (Å²) in [4.78, 5) is 14.8. The smallest absolute Gasteiger partial charge is 0.335 e. The Morgan fingerprint density at radius 1 is 1.00 bits per heavy atom. The number of aromatic nitrogens is 3. The zero-order valence-corrected chi connectivity index (χ0v) is 12.5. The van der Waals surface area contributed by atoms with Crippen molar-refractivity contribution in [2.45, 2.75) is 4.90 Å². The van der Waals surface area contributed by atoms with E-state index in [1.807, 2.05) is 6.07 Å². The number of carboxylic acid groups (broad SMARTS) is 1. The number of hydrogen-bond donors (Lipinski definition) is 1. The number of nitrogens with zero attached hydrogens (tertiary/aromatic N) is 3. The summed E-state index contributed by atoms with van der Waals surface area (Å²) in [5, 5.41) is 12.8. The van der Waals surface area contributed by atoms with Crippen LogP contribution in [-0.2, 0) is 10.0 Å². The van der Waals surface area contributed by atoms with Crippen molar-refractivity contribution in [3.63, 3.8) is 0 Å². The molecular formula is C15H11N3O4S. The van der Waals surface area contributed by atoms with Crippen LogP contribution in [0, 0.1) is 0 Å². The summed E-state index contributed by atoms with van der Waals surface area (Å²) >= 11 is 0. The van der Waals surface area contributed by atoms with Gasteiger partial charge in [0, 0.05) is 5.56 Å². The topological polar surface area (TPSA) is 102 Å². The molecule has 0 bridgehead atoms. The predicted octanol–water partition coefficient (Wildman–Crippen LogP) is 1.88. The molecule has 0 fully saturated rings. The molecule has 3 aromatic rings. The van der Waals surface area contributed by atoms with E-state index in [1.165, 1.54) is 24.3 Å². The molecule has 0 aliphatic carbocycles. The molecule has 0 aliphatic heterocycles. The van der Waals surface area contributed by atoms with Crippen molar-refractivity contribution in [1.82, 2.24) is 14.2 Å².